The van der Waals surface area contributed by atoms with Crippen molar-refractivity contribution in [1.82, 2.24) is 5.32 Å². The SMILES string of the molecule is S=C(NCC1CCCO1)Nc1ccc2c(c1)Cc1ccccc1-2. The highest BCUT2D eigenvalue weighted by atomic mass is 32.1. The van der Waals surface area contributed by atoms with E-state index in [0.717, 1.165) is 38.1 Å². The standard InChI is InChI=1S/C19H20N2OS/c23-19(20-12-16-5-3-9-22-16)21-15-7-8-18-14(11-15)10-13-4-1-2-6-17(13)18/h1-2,4,6-8,11,16H,3,5,9-10,12H2,(H2,20,21,23). The molecule has 1 heterocycles. The predicted molar refractivity (Wildman–Crippen MR) is 97.9 cm³/mol. The quantitative estimate of drug-likeness (QED) is 0.719. The van der Waals surface area contributed by atoms with E-state index in [2.05, 4.69) is 53.1 Å². The van der Waals surface area contributed by atoms with Crippen molar-refractivity contribution >= 4 is 23.0 Å². The molecular formula is C19H20N2OS. The molecule has 4 rings (SSSR count). The maximum atomic E-state index is 5.60. The summed E-state index contributed by atoms with van der Waals surface area (Å²) in [6, 6.07) is 15.1. The van der Waals surface area contributed by atoms with Gasteiger partial charge in [-0.25, -0.2) is 0 Å². The van der Waals surface area contributed by atoms with Crippen LogP contribution >= 0.6 is 12.2 Å². The smallest absolute Gasteiger partial charge is 0.170 e. The summed E-state index contributed by atoms with van der Waals surface area (Å²) in [6.07, 6.45) is 3.56. The summed E-state index contributed by atoms with van der Waals surface area (Å²) in [7, 11) is 0. The molecule has 118 valence electrons. The minimum atomic E-state index is 0.296. The Hall–Kier alpha value is -1.91. The predicted octanol–water partition coefficient (Wildman–Crippen LogP) is 3.72. The van der Waals surface area contributed by atoms with Gasteiger partial charge in [-0.1, -0.05) is 30.3 Å². The van der Waals surface area contributed by atoms with Crippen molar-refractivity contribution in [3.05, 3.63) is 53.6 Å². The molecule has 0 spiro atoms. The molecule has 3 nitrogen and oxygen atoms in total. The van der Waals surface area contributed by atoms with Crippen LogP contribution in [0.15, 0.2) is 42.5 Å². The highest BCUT2D eigenvalue weighted by Crippen LogP contribution is 2.37. The number of fused-ring (bicyclic) bond motifs is 3. The molecule has 1 saturated heterocycles. The first-order valence-electron chi connectivity index (χ1n) is 8.17. The fourth-order valence-electron chi connectivity index (χ4n) is 3.41. The van der Waals surface area contributed by atoms with Gasteiger partial charge in [0.05, 0.1) is 6.10 Å². The molecule has 2 aromatic rings. The van der Waals surface area contributed by atoms with Crippen molar-refractivity contribution in [2.75, 3.05) is 18.5 Å². The highest BCUT2D eigenvalue weighted by Gasteiger charge is 2.18. The van der Waals surface area contributed by atoms with Crippen LogP contribution in [0.3, 0.4) is 0 Å². The lowest BCUT2D eigenvalue weighted by molar-refractivity contribution is 0.114. The van der Waals surface area contributed by atoms with Crippen molar-refractivity contribution < 1.29 is 4.74 Å². The van der Waals surface area contributed by atoms with Crippen molar-refractivity contribution in [2.45, 2.75) is 25.4 Å². The molecule has 23 heavy (non-hydrogen) atoms. The summed E-state index contributed by atoms with van der Waals surface area (Å²) < 4.78 is 5.60. The maximum Gasteiger partial charge on any atom is 0.170 e. The maximum absolute atomic E-state index is 5.60. The van der Waals surface area contributed by atoms with Gasteiger partial charge in [0.25, 0.3) is 0 Å². The molecule has 0 saturated carbocycles. The van der Waals surface area contributed by atoms with Gasteiger partial charge in [-0.3, -0.25) is 0 Å². The van der Waals surface area contributed by atoms with Crippen LogP contribution in [0.1, 0.15) is 24.0 Å². The Morgan fingerprint density at radius 3 is 2.87 bits per heavy atom. The van der Waals surface area contributed by atoms with Crippen LogP contribution in [0, 0.1) is 0 Å². The number of anilines is 1. The second-order valence-corrected chi connectivity index (χ2v) is 6.58. The van der Waals surface area contributed by atoms with E-state index in [4.69, 9.17) is 17.0 Å². The van der Waals surface area contributed by atoms with Gasteiger partial charge in [0, 0.05) is 18.8 Å². The van der Waals surface area contributed by atoms with Gasteiger partial charge in [0.1, 0.15) is 0 Å². The lowest BCUT2D eigenvalue weighted by atomic mass is 10.1. The van der Waals surface area contributed by atoms with E-state index in [-0.39, 0.29) is 0 Å². The number of ether oxygens (including phenoxy) is 1. The van der Waals surface area contributed by atoms with Crippen LogP contribution < -0.4 is 10.6 Å². The van der Waals surface area contributed by atoms with E-state index in [0.29, 0.717) is 11.2 Å². The van der Waals surface area contributed by atoms with Crippen molar-refractivity contribution in [3.63, 3.8) is 0 Å². The molecule has 2 N–H and O–H groups in total. The molecule has 4 heteroatoms. The van der Waals surface area contributed by atoms with Gasteiger partial charge in [-0.2, -0.15) is 0 Å². The molecular weight excluding hydrogens is 304 g/mol. The van der Waals surface area contributed by atoms with E-state index < -0.39 is 0 Å². The van der Waals surface area contributed by atoms with Crippen LogP contribution in [-0.2, 0) is 11.2 Å². The number of benzene rings is 2. The Morgan fingerprint density at radius 1 is 1.13 bits per heavy atom. The van der Waals surface area contributed by atoms with Gasteiger partial charge >= 0.3 is 0 Å². The lowest BCUT2D eigenvalue weighted by Gasteiger charge is -2.14. The molecule has 1 aliphatic heterocycles. The Morgan fingerprint density at radius 2 is 2.00 bits per heavy atom. The van der Waals surface area contributed by atoms with E-state index in [1.54, 1.807) is 0 Å². The third kappa shape index (κ3) is 3.09. The average Bonchev–Trinajstić information content (AvgIpc) is 3.20. The molecule has 1 atom stereocenters. The van der Waals surface area contributed by atoms with Crippen molar-refractivity contribution in [3.8, 4) is 11.1 Å². The lowest BCUT2D eigenvalue weighted by Crippen LogP contribution is -2.34. The van der Waals surface area contributed by atoms with Crippen molar-refractivity contribution in [2.24, 2.45) is 0 Å². The van der Waals surface area contributed by atoms with Gasteiger partial charge in [0.15, 0.2) is 5.11 Å². The normalized spacial score (nSPS) is 18.3. The third-order valence-corrected chi connectivity index (χ3v) is 4.81. The largest absolute Gasteiger partial charge is 0.376 e. The first-order valence-corrected chi connectivity index (χ1v) is 8.58. The Labute approximate surface area is 142 Å². The van der Waals surface area contributed by atoms with Gasteiger partial charge in [-0.05, 0) is 65.9 Å². The summed E-state index contributed by atoms with van der Waals surface area (Å²) >= 11 is 5.39. The Kier molecular flexibility index (Phi) is 4.02. The number of thiocarbonyl (C=S) groups is 1. The van der Waals surface area contributed by atoms with E-state index in [1.807, 2.05) is 0 Å². The molecule has 0 radical (unpaired) electrons. The summed E-state index contributed by atoms with van der Waals surface area (Å²) in [5.41, 5.74) is 6.50. The zero-order chi connectivity index (χ0) is 15.6. The zero-order valence-electron chi connectivity index (χ0n) is 13.0. The first kappa shape index (κ1) is 14.7. The van der Waals surface area contributed by atoms with E-state index in [1.165, 1.54) is 22.3 Å². The topological polar surface area (TPSA) is 33.3 Å². The molecule has 0 amide bonds. The van der Waals surface area contributed by atoms with Gasteiger partial charge in [-0.15, -0.1) is 0 Å². The minimum absolute atomic E-state index is 0.296. The zero-order valence-corrected chi connectivity index (χ0v) is 13.8. The Balaban J connectivity index is 1.41. The van der Waals surface area contributed by atoms with Crippen LogP contribution in [0.5, 0.6) is 0 Å². The number of hydrogen-bond donors (Lipinski definition) is 2. The summed E-state index contributed by atoms with van der Waals surface area (Å²) in [5, 5.41) is 7.20. The monoisotopic (exact) mass is 324 g/mol. The molecule has 1 aliphatic carbocycles. The van der Waals surface area contributed by atoms with Crippen LogP contribution in [0.4, 0.5) is 5.69 Å². The molecule has 1 unspecified atom stereocenters. The second kappa shape index (κ2) is 6.30. The molecule has 0 aromatic heterocycles. The van der Waals surface area contributed by atoms with Crippen LogP contribution in [0.2, 0.25) is 0 Å². The number of rotatable bonds is 3. The van der Waals surface area contributed by atoms with Crippen LogP contribution in [0.25, 0.3) is 11.1 Å². The summed E-state index contributed by atoms with van der Waals surface area (Å²) in [5.74, 6) is 0. The first-order chi connectivity index (χ1) is 11.3. The molecule has 1 fully saturated rings. The second-order valence-electron chi connectivity index (χ2n) is 6.18. The van der Waals surface area contributed by atoms with Gasteiger partial charge in [0.2, 0.25) is 0 Å². The van der Waals surface area contributed by atoms with E-state index in [9.17, 15) is 0 Å². The summed E-state index contributed by atoms with van der Waals surface area (Å²) in [4.78, 5) is 0. The third-order valence-electron chi connectivity index (χ3n) is 4.57. The fraction of sp³-hybridized carbons (Fsp3) is 0.316. The average molecular weight is 324 g/mol. The number of nitrogens with one attached hydrogen (secondary N) is 2. The molecule has 0 bridgehead atoms. The minimum Gasteiger partial charge on any atom is -0.376 e. The Bertz CT molecular complexity index is 738. The fourth-order valence-corrected chi connectivity index (χ4v) is 3.61. The number of hydrogen-bond acceptors (Lipinski definition) is 2. The van der Waals surface area contributed by atoms with Crippen LogP contribution in [-0.4, -0.2) is 24.4 Å². The van der Waals surface area contributed by atoms with Gasteiger partial charge < -0.3 is 15.4 Å². The van der Waals surface area contributed by atoms with E-state index >= 15 is 0 Å². The van der Waals surface area contributed by atoms with Crippen molar-refractivity contribution in [1.29, 1.82) is 0 Å². The molecule has 2 aliphatic rings. The molecule has 2 aromatic carbocycles. The highest BCUT2D eigenvalue weighted by molar-refractivity contribution is 7.80. The summed E-state index contributed by atoms with van der Waals surface area (Å²) in [6.45, 7) is 1.65.